The fourth-order valence-corrected chi connectivity index (χ4v) is 4.22. The average Bonchev–Trinajstić information content (AvgIpc) is 3.39. The molecule has 7 nitrogen and oxygen atoms in total. The molecule has 2 aliphatic rings. The number of halogens is 1. The number of anilines is 1. The summed E-state index contributed by atoms with van der Waals surface area (Å²) in [4.78, 5) is 27.1. The Morgan fingerprint density at radius 1 is 1.25 bits per heavy atom. The largest absolute Gasteiger partial charge is 0.494 e. The van der Waals surface area contributed by atoms with Crippen LogP contribution in [0.5, 0.6) is 11.5 Å². The molecular weight excluding hydrogens is 413 g/mol. The summed E-state index contributed by atoms with van der Waals surface area (Å²) < 4.78 is 24.7. The molecule has 32 heavy (non-hydrogen) atoms. The topological polar surface area (TPSA) is 79.9 Å². The second-order valence-corrected chi connectivity index (χ2v) is 8.14. The molecule has 0 spiro atoms. The van der Waals surface area contributed by atoms with Crippen LogP contribution in [0.15, 0.2) is 36.4 Å². The number of carbonyl (C=O) groups is 2. The summed E-state index contributed by atoms with van der Waals surface area (Å²) in [5, 5.41) is 5.68. The lowest BCUT2D eigenvalue weighted by Crippen LogP contribution is -2.47. The SMILES string of the molecule is CCOc1cc2c(cc1CNC(=O)C1CCCN1C(=O)Nc1ccc(F)cc1)OC(C)C2. The molecule has 1 saturated heterocycles. The van der Waals surface area contributed by atoms with Crippen LogP contribution in [0.3, 0.4) is 0 Å². The van der Waals surface area contributed by atoms with Gasteiger partial charge in [0.1, 0.15) is 29.5 Å². The number of carbonyl (C=O) groups excluding carboxylic acids is 2. The van der Waals surface area contributed by atoms with Gasteiger partial charge in [-0.2, -0.15) is 0 Å². The third-order valence-corrected chi connectivity index (χ3v) is 5.74. The molecule has 0 radical (unpaired) electrons. The van der Waals surface area contributed by atoms with Gasteiger partial charge < -0.3 is 25.0 Å². The standard InChI is InChI=1S/C24H28FN3O4/c1-3-31-21-12-16-11-15(2)32-22(16)13-17(21)14-26-23(29)20-5-4-10-28(20)24(30)27-19-8-6-18(25)7-9-19/h6-9,12-13,15,20H,3-5,10-11,14H2,1-2H3,(H,26,29)(H,27,30). The number of likely N-dealkylation sites (tertiary alicyclic amines) is 1. The maximum Gasteiger partial charge on any atom is 0.322 e. The minimum Gasteiger partial charge on any atom is -0.494 e. The van der Waals surface area contributed by atoms with E-state index in [1.54, 1.807) is 0 Å². The molecule has 2 aliphatic heterocycles. The van der Waals surface area contributed by atoms with Crippen LogP contribution in [0.1, 0.15) is 37.8 Å². The Kier molecular flexibility index (Phi) is 6.48. The minimum atomic E-state index is -0.559. The van der Waals surface area contributed by atoms with Gasteiger partial charge in [0, 0.05) is 36.3 Å². The van der Waals surface area contributed by atoms with Crippen LogP contribution >= 0.6 is 0 Å². The molecule has 2 unspecified atom stereocenters. The van der Waals surface area contributed by atoms with Gasteiger partial charge in [0.25, 0.3) is 0 Å². The molecular formula is C24H28FN3O4. The van der Waals surface area contributed by atoms with Crippen molar-refractivity contribution in [1.82, 2.24) is 10.2 Å². The molecule has 2 aromatic rings. The number of amides is 3. The highest BCUT2D eigenvalue weighted by Gasteiger charge is 2.34. The van der Waals surface area contributed by atoms with Gasteiger partial charge in [0.2, 0.25) is 5.91 Å². The zero-order valence-corrected chi connectivity index (χ0v) is 18.3. The summed E-state index contributed by atoms with van der Waals surface area (Å²) in [5.74, 6) is 0.973. The van der Waals surface area contributed by atoms with Crippen LogP contribution in [-0.2, 0) is 17.8 Å². The van der Waals surface area contributed by atoms with E-state index in [1.165, 1.54) is 29.2 Å². The molecule has 2 heterocycles. The van der Waals surface area contributed by atoms with E-state index in [1.807, 2.05) is 26.0 Å². The van der Waals surface area contributed by atoms with E-state index in [9.17, 15) is 14.0 Å². The molecule has 8 heteroatoms. The van der Waals surface area contributed by atoms with Crippen LogP contribution in [0.4, 0.5) is 14.9 Å². The molecule has 2 N–H and O–H groups in total. The molecule has 0 saturated carbocycles. The number of ether oxygens (including phenoxy) is 2. The van der Waals surface area contributed by atoms with Crippen molar-refractivity contribution < 1.29 is 23.5 Å². The number of benzene rings is 2. The smallest absolute Gasteiger partial charge is 0.322 e. The minimum absolute atomic E-state index is 0.121. The molecule has 4 rings (SSSR count). The fraction of sp³-hybridized carbons (Fsp3) is 0.417. The van der Waals surface area contributed by atoms with Gasteiger partial charge in [-0.15, -0.1) is 0 Å². The van der Waals surface area contributed by atoms with E-state index in [-0.39, 0.29) is 30.4 Å². The van der Waals surface area contributed by atoms with Crippen LogP contribution < -0.4 is 20.1 Å². The summed E-state index contributed by atoms with van der Waals surface area (Å²) in [7, 11) is 0. The van der Waals surface area contributed by atoms with Crippen molar-refractivity contribution in [2.24, 2.45) is 0 Å². The Hall–Kier alpha value is -3.29. The Morgan fingerprint density at radius 3 is 2.78 bits per heavy atom. The highest BCUT2D eigenvalue weighted by atomic mass is 19.1. The summed E-state index contributed by atoms with van der Waals surface area (Å²) in [6.45, 7) is 5.23. The van der Waals surface area contributed by atoms with Crippen molar-refractivity contribution in [3.63, 3.8) is 0 Å². The van der Waals surface area contributed by atoms with Gasteiger partial charge in [-0.05, 0) is 63.1 Å². The predicted octanol–water partition coefficient (Wildman–Crippen LogP) is 3.86. The highest BCUT2D eigenvalue weighted by Crippen LogP contribution is 2.35. The van der Waals surface area contributed by atoms with Gasteiger partial charge >= 0.3 is 6.03 Å². The van der Waals surface area contributed by atoms with E-state index >= 15 is 0 Å². The number of rotatable bonds is 6. The quantitative estimate of drug-likeness (QED) is 0.714. The molecule has 170 valence electrons. The normalized spacial score (nSPS) is 19.3. The number of fused-ring (bicyclic) bond motifs is 1. The molecule has 0 aliphatic carbocycles. The van der Waals surface area contributed by atoms with Gasteiger partial charge in [-0.25, -0.2) is 9.18 Å². The number of hydrogen-bond donors (Lipinski definition) is 2. The Balaban J connectivity index is 1.40. The first-order valence-corrected chi connectivity index (χ1v) is 11.0. The van der Waals surface area contributed by atoms with Crippen molar-refractivity contribution in [2.75, 3.05) is 18.5 Å². The first-order chi connectivity index (χ1) is 15.4. The van der Waals surface area contributed by atoms with E-state index < -0.39 is 6.04 Å². The van der Waals surface area contributed by atoms with E-state index in [0.717, 1.165) is 35.5 Å². The number of nitrogens with one attached hydrogen (secondary N) is 2. The lowest BCUT2D eigenvalue weighted by Gasteiger charge is -2.24. The van der Waals surface area contributed by atoms with Gasteiger partial charge in [0.15, 0.2) is 0 Å². The second-order valence-electron chi connectivity index (χ2n) is 8.14. The number of nitrogens with zero attached hydrogens (tertiary/aromatic N) is 1. The molecule has 3 amide bonds. The van der Waals surface area contributed by atoms with Crippen molar-refractivity contribution in [1.29, 1.82) is 0 Å². The predicted molar refractivity (Wildman–Crippen MR) is 118 cm³/mol. The first kappa shape index (κ1) is 21.9. The maximum absolute atomic E-state index is 13.1. The first-order valence-electron chi connectivity index (χ1n) is 11.0. The highest BCUT2D eigenvalue weighted by molar-refractivity contribution is 5.94. The molecule has 0 aromatic heterocycles. The second kappa shape index (κ2) is 9.46. The lowest BCUT2D eigenvalue weighted by molar-refractivity contribution is -0.124. The van der Waals surface area contributed by atoms with Crippen molar-refractivity contribution in [2.45, 2.75) is 51.8 Å². The van der Waals surface area contributed by atoms with Crippen LogP contribution in [-0.4, -0.2) is 42.1 Å². The maximum atomic E-state index is 13.1. The summed E-state index contributed by atoms with van der Waals surface area (Å²) in [5.41, 5.74) is 2.43. The third kappa shape index (κ3) is 4.79. The molecule has 1 fully saturated rings. The Bertz CT molecular complexity index is 995. The Morgan fingerprint density at radius 2 is 2.03 bits per heavy atom. The number of hydrogen-bond acceptors (Lipinski definition) is 4. The number of urea groups is 1. The van der Waals surface area contributed by atoms with Gasteiger partial charge in [0.05, 0.1) is 6.61 Å². The third-order valence-electron chi connectivity index (χ3n) is 5.74. The molecule has 2 aromatic carbocycles. The summed E-state index contributed by atoms with van der Waals surface area (Å²) >= 11 is 0. The van der Waals surface area contributed by atoms with Crippen LogP contribution in [0, 0.1) is 5.82 Å². The fourth-order valence-electron chi connectivity index (χ4n) is 4.22. The van der Waals surface area contributed by atoms with Gasteiger partial charge in [-0.1, -0.05) is 0 Å². The zero-order chi connectivity index (χ0) is 22.7. The lowest BCUT2D eigenvalue weighted by atomic mass is 10.1. The Labute approximate surface area is 186 Å². The van der Waals surface area contributed by atoms with E-state index in [4.69, 9.17) is 9.47 Å². The molecule has 0 bridgehead atoms. The monoisotopic (exact) mass is 441 g/mol. The summed E-state index contributed by atoms with van der Waals surface area (Å²) in [6, 6.07) is 8.52. The van der Waals surface area contributed by atoms with E-state index in [0.29, 0.717) is 25.3 Å². The van der Waals surface area contributed by atoms with Crippen LogP contribution in [0.25, 0.3) is 0 Å². The molecule has 2 atom stereocenters. The van der Waals surface area contributed by atoms with E-state index in [2.05, 4.69) is 10.6 Å². The summed E-state index contributed by atoms with van der Waals surface area (Å²) in [6.07, 6.45) is 2.29. The van der Waals surface area contributed by atoms with Gasteiger partial charge in [-0.3, -0.25) is 4.79 Å². The zero-order valence-electron chi connectivity index (χ0n) is 18.3. The van der Waals surface area contributed by atoms with Crippen molar-refractivity contribution >= 4 is 17.6 Å². The average molecular weight is 442 g/mol. The van der Waals surface area contributed by atoms with Crippen molar-refractivity contribution in [3.8, 4) is 11.5 Å². The van der Waals surface area contributed by atoms with Crippen LogP contribution in [0.2, 0.25) is 0 Å². The van der Waals surface area contributed by atoms with Crippen molar-refractivity contribution in [3.05, 3.63) is 53.3 Å².